The van der Waals surface area contributed by atoms with Gasteiger partial charge in [-0.3, -0.25) is 15.6 Å². The van der Waals surface area contributed by atoms with E-state index in [4.69, 9.17) is 22.2 Å². The molecule has 0 saturated heterocycles. The summed E-state index contributed by atoms with van der Waals surface area (Å²) in [6, 6.07) is 8.55. The number of hydrogen-bond donors (Lipinski definition) is 3. The molecule has 1 amide bonds. The van der Waals surface area contributed by atoms with Gasteiger partial charge in [-0.05, 0) is 64.2 Å². The van der Waals surface area contributed by atoms with E-state index in [0.29, 0.717) is 16.4 Å². The highest BCUT2D eigenvalue weighted by Crippen LogP contribution is 2.13. The topological polar surface area (TPSA) is 86.2 Å². The number of hydrogen-bond acceptors (Lipinski definition) is 4. The SMILES string of the molecule is C[C@H](Oc1ccc(C#N)cc1)C(=O)NNC(=S)NC(C)(C)C. The molecule has 0 fully saturated rings. The molecule has 0 heterocycles. The lowest BCUT2D eigenvalue weighted by molar-refractivity contribution is -0.127. The van der Waals surface area contributed by atoms with Crippen LogP contribution in [0.2, 0.25) is 0 Å². The molecule has 0 bridgehead atoms. The molecular weight excluding hydrogens is 300 g/mol. The van der Waals surface area contributed by atoms with Gasteiger partial charge in [-0.2, -0.15) is 5.26 Å². The number of carbonyl (C=O) groups is 1. The van der Waals surface area contributed by atoms with E-state index >= 15 is 0 Å². The van der Waals surface area contributed by atoms with E-state index in [1.165, 1.54) is 0 Å². The van der Waals surface area contributed by atoms with Crippen molar-refractivity contribution in [2.24, 2.45) is 0 Å². The molecule has 0 radical (unpaired) electrons. The molecule has 1 atom stereocenters. The normalized spacial score (nSPS) is 11.8. The number of rotatable bonds is 3. The van der Waals surface area contributed by atoms with Crippen LogP contribution in [0.4, 0.5) is 0 Å². The molecule has 22 heavy (non-hydrogen) atoms. The van der Waals surface area contributed by atoms with E-state index in [9.17, 15) is 4.79 Å². The Morgan fingerprint density at radius 3 is 2.36 bits per heavy atom. The maximum atomic E-state index is 11.9. The third-order valence-corrected chi connectivity index (χ3v) is 2.66. The van der Waals surface area contributed by atoms with Gasteiger partial charge < -0.3 is 10.1 Å². The molecule has 118 valence electrons. The lowest BCUT2D eigenvalue weighted by Crippen LogP contribution is -2.54. The fourth-order valence-corrected chi connectivity index (χ4v) is 1.81. The van der Waals surface area contributed by atoms with Gasteiger partial charge in [0.1, 0.15) is 5.75 Å². The van der Waals surface area contributed by atoms with Gasteiger partial charge >= 0.3 is 0 Å². The summed E-state index contributed by atoms with van der Waals surface area (Å²) in [4.78, 5) is 11.9. The zero-order chi connectivity index (χ0) is 16.8. The summed E-state index contributed by atoms with van der Waals surface area (Å²) >= 11 is 5.06. The van der Waals surface area contributed by atoms with Crippen molar-refractivity contribution in [2.75, 3.05) is 0 Å². The van der Waals surface area contributed by atoms with Gasteiger partial charge in [-0.15, -0.1) is 0 Å². The summed E-state index contributed by atoms with van der Waals surface area (Å²) in [6.07, 6.45) is -0.710. The van der Waals surface area contributed by atoms with Gasteiger partial charge in [0.2, 0.25) is 0 Å². The third kappa shape index (κ3) is 6.41. The number of benzene rings is 1. The highest BCUT2D eigenvalue weighted by atomic mass is 32.1. The third-order valence-electron chi connectivity index (χ3n) is 2.45. The van der Waals surface area contributed by atoms with Crippen molar-refractivity contribution in [2.45, 2.75) is 39.3 Å². The highest BCUT2D eigenvalue weighted by Gasteiger charge is 2.16. The predicted octanol–water partition coefficient (Wildman–Crippen LogP) is 1.62. The second-order valence-electron chi connectivity index (χ2n) is 5.71. The van der Waals surface area contributed by atoms with Crippen LogP contribution in [0.15, 0.2) is 24.3 Å². The van der Waals surface area contributed by atoms with E-state index in [0.717, 1.165) is 0 Å². The van der Waals surface area contributed by atoms with Crippen LogP contribution in [0.5, 0.6) is 5.75 Å². The van der Waals surface area contributed by atoms with E-state index in [2.05, 4.69) is 16.2 Å². The van der Waals surface area contributed by atoms with E-state index < -0.39 is 6.10 Å². The standard InChI is InChI=1S/C15H20N4O2S/c1-10(21-12-7-5-11(9-16)6-8-12)13(20)18-19-14(22)17-15(2,3)4/h5-8,10H,1-4H3,(H,18,20)(H2,17,19,22)/t10-/m0/s1. The first-order valence-corrected chi connectivity index (χ1v) is 7.17. The van der Waals surface area contributed by atoms with Crippen LogP contribution in [-0.4, -0.2) is 22.7 Å². The summed E-state index contributed by atoms with van der Waals surface area (Å²) in [6.45, 7) is 7.49. The lowest BCUT2D eigenvalue weighted by atomic mass is 10.1. The summed E-state index contributed by atoms with van der Waals surface area (Å²) < 4.78 is 5.48. The fourth-order valence-electron chi connectivity index (χ4n) is 1.46. The van der Waals surface area contributed by atoms with Crippen LogP contribution in [0, 0.1) is 11.3 Å². The molecule has 7 heteroatoms. The smallest absolute Gasteiger partial charge is 0.279 e. The van der Waals surface area contributed by atoms with Crippen LogP contribution in [-0.2, 0) is 4.79 Å². The number of thiocarbonyl (C=S) groups is 1. The average molecular weight is 320 g/mol. The molecule has 0 aliphatic heterocycles. The average Bonchev–Trinajstić information content (AvgIpc) is 2.43. The van der Waals surface area contributed by atoms with Gasteiger partial charge in [0, 0.05) is 5.54 Å². The molecule has 6 nitrogen and oxygen atoms in total. The van der Waals surface area contributed by atoms with E-state index in [-0.39, 0.29) is 11.4 Å². The number of ether oxygens (including phenoxy) is 1. The second kappa shape index (κ2) is 7.61. The van der Waals surface area contributed by atoms with Crippen molar-refractivity contribution in [3.05, 3.63) is 29.8 Å². The van der Waals surface area contributed by atoms with Crippen molar-refractivity contribution in [3.8, 4) is 11.8 Å². The zero-order valence-corrected chi connectivity index (χ0v) is 13.9. The van der Waals surface area contributed by atoms with E-state index in [1.807, 2.05) is 26.8 Å². The Morgan fingerprint density at radius 1 is 1.27 bits per heavy atom. The highest BCUT2D eigenvalue weighted by molar-refractivity contribution is 7.80. The van der Waals surface area contributed by atoms with Crippen LogP contribution in [0.25, 0.3) is 0 Å². The number of hydrazine groups is 1. The minimum Gasteiger partial charge on any atom is -0.481 e. The van der Waals surface area contributed by atoms with Crippen LogP contribution >= 0.6 is 12.2 Å². The first kappa shape index (κ1) is 17.7. The van der Waals surface area contributed by atoms with Gasteiger partial charge in [-0.25, -0.2) is 0 Å². The molecule has 0 aliphatic carbocycles. The zero-order valence-electron chi connectivity index (χ0n) is 13.1. The van der Waals surface area contributed by atoms with Crippen molar-refractivity contribution >= 4 is 23.2 Å². The van der Waals surface area contributed by atoms with Crippen LogP contribution in [0.1, 0.15) is 33.3 Å². The maximum Gasteiger partial charge on any atom is 0.279 e. The Hall–Kier alpha value is -2.33. The molecule has 0 unspecified atom stereocenters. The van der Waals surface area contributed by atoms with Crippen LogP contribution < -0.4 is 20.9 Å². The molecule has 1 aromatic carbocycles. The van der Waals surface area contributed by atoms with Crippen LogP contribution in [0.3, 0.4) is 0 Å². The number of nitriles is 1. The fraction of sp³-hybridized carbons (Fsp3) is 0.400. The van der Waals surface area contributed by atoms with Crippen molar-refractivity contribution in [1.82, 2.24) is 16.2 Å². The maximum absolute atomic E-state index is 11.9. The summed E-state index contributed by atoms with van der Waals surface area (Å²) in [7, 11) is 0. The summed E-state index contributed by atoms with van der Waals surface area (Å²) in [5.41, 5.74) is 5.44. The van der Waals surface area contributed by atoms with Gasteiger partial charge in [0.05, 0.1) is 11.6 Å². The number of nitrogens with zero attached hydrogens (tertiary/aromatic N) is 1. The number of carbonyl (C=O) groups excluding carboxylic acids is 1. The first-order valence-electron chi connectivity index (χ1n) is 6.76. The minimum absolute atomic E-state index is 0.195. The van der Waals surface area contributed by atoms with E-state index in [1.54, 1.807) is 31.2 Å². The first-order chi connectivity index (χ1) is 10.2. The molecule has 0 saturated carbocycles. The molecule has 1 aromatic rings. The molecule has 0 aliphatic rings. The van der Waals surface area contributed by atoms with Crippen molar-refractivity contribution in [3.63, 3.8) is 0 Å². The Balaban J connectivity index is 2.45. The molecule has 3 N–H and O–H groups in total. The molecule has 1 rings (SSSR count). The largest absolute Gasteiger partial charge is 0.481 e. The quantitative estimate of drug-likeness (QED) is 0.579. The van der Waals surface area contributed by atoms with Crippen molar-refractivity contribution < 1.29 is 9.53 Å². The van der Waals surface area contributed by atoms with Crippen molar-refractivity contribution in [1.29, 1.82) is 5.26 Å². The number of nitrogens with one attached hydrogen (secondary N) is 3. The summed E-state index contributed by atoms with van der Waals surface area (Å²) in [5, 5.41) is 12.1. The predicted molar refractivity (Wildman–Crippen MR) is 88.0 cm³/mol. The Bertz CT molecular complexity index is 573. The summed E-state index contributed by atoms with van der Waals surface area (Å²) in [5.74, 6) is 0.152. The molecule has 0 aromatic heterocycles. The Labute approximate surface area is 135 Å². The lowest BCUT2D eigenvalue weighted by Gasteiger charge is -2.23. The second-order valence-corrected chi connectivity index (χ2v) is 6.12. The Morgan fingerprint density at radius 2 is 1.86 bits per heavy atom. The monoisotopic (exact) mass is 320 g/mol. The van der Waals surface area contributed by atoms with Gasteiger partial charge in [0.25, 0.3) is 5.91 Å². The molecule has 0 spiro atoms. The Kier molecular flexibility index (Phi) is 6.13. The van der Waals surface area contributed by atoms with Gasteiger partial charge in [0.15, 0.2) is 11.2 Å². The van der Waals surface area contributed by atoms with Gasteiger partial charge in [-0.1, -0.05) is 0 Å². The molecular formula is C15H20N4O2S. The number of amides is 1. The minimum atomic E-state index is -0.710.